The van der Waals surface area contributed by atoms with Crippen LogP contribution in [-0.4, -0.2) is 39.1 Å². The van der Waals surface area contributed by atoms with Crippen LogP contribution in [0.2, 0.25) is 0 Å². The summed E-state index contributed by atoms with van der Waals surface area (Å²) in [4.78, 5) is 24.6. The number of carboxylic acid groups (broad SMARTS) is 1. The molecule has 3 rings (SSSR count). The molecule has 7 nitrogen and oxygen atoms in total. The lowest BCUT2D eigenvalue weighted by atomic mass is 10.0. The fourth-order valence-corrected chi connectivity index (χ4v) is 3.84. The first kappa shape index (κ1) is 13.9. The van der Waals surface area contributed by atoms with Gasteiger partial charge in [0.25, 0.3) is 0 Å². The van der Waals surface area contributed by atoms with Crippen LogP contribution in [0.1, 0.15) is 0 Å². The molecule has 8 heteroatoms. The fraction of sp³-hybridized carbons (Fsp3) is 0.308. The molecule has 0 bridgehead atoms. The van der Waals surface area contributed by atoms with Crippen LogP contribution in [0.5, 0.6) is 0 Å². The molecule has 0 aromatic carbocycles. The van der Waals surface area contributed by atoms with E-state index in [9.17, 15) is 14.7 Å². The van der Waals surface area contributed by atoms with Crippen molar-refractivity contribution in [3.8, 4) is 0 Å². The van der Waals surface area contributed by atoms with E-state index in [1.807, 2.05) is 6.20 Å². The minimum absolute atomic E-state index is 0.0559. The number of rotatable bonds is 3. The molecule has 110 valence electrons. The van der Waals surface area contributed by atoms with Crippen molar-refractivity contribution < 1.29 is 19.3 Å². The summed E-state index contributed by atoms with van der Waals surface area (Å²) < 4.78 is 1.80. The normalized spacial score (nSPS) is 24.6. The first-order valence-electron chi connectivity index (χ1n) is 6.39. The van der Waals surface area contributed by atoms with Gasteiger partial charge in [0.1, 0.15) is 17.1 Å². The summed E-state index contributed by atoms with van der Waals surface area (Å²) >= 11 is 1.49. The van der Waals surface area contributed by atoms with Gasteiger partial charge < -0.3 is 16.6 Å². The number of carbonyl (C=O) groups is 2. The van der Waals surface area contributed by atoms with Gasteiger partial charge >= 0.3 is 5.97 Å². The monoisotopic (exact) mass is 307 g/mol. The highest BCUT2D eigenvalue weighted by atomic mass is 32.2. The van der Waals surface area contributed by atoms with E-state index in [2.05, 4.69) is 0 Å². The van der Waals surface area contributed by atoms with Crippen molar-refractivity contribution in [2.45, 2.75) is 18.0 Å². The van der Waals surface area contributed by atoms with Gasteiger partial charge in [0.2, 0.25) is 5.91 Å². The summed E-state index contributed by atoms with van der Waals surface area (Å²) in [6.45, 7) is 0.380. The van der Waals surface area contributed by atoms with Crippen LogP contribution in [0.25, 0.3) is 0 Å². The quantitative estimate of drug-likeness (QED) is 0.494. The molecule has 0 aliphatic carbocycles. The molecular weight excluding hydrogens is 292 g/mol. The van der Waals surface area contributed by atoms with Crippen molar-refractivity contribution in [3.63, 3.8) is 0 Å². The second kappa shape index (κ2) is 5.05. The van der Waals surface area contributed by atoms with E-state index in [1.54, 1.807) is 22.9 Å². The number of nitrogens with two attached hydrogens (primary N) is 2. The molecule has 1 saturated heterocycles. The summed E-state index contributed by atoms with van der Waals surface area (Å²) in [5, 5.41) is 9.17. The Balaban J connectivity index is 1.95. The summed E-state index contributed by atoms with van der Waals surface area (Å²) in [6, 6.07) is 2.94. The average molecular weight is 307 g/mol. The highest BCUT2D eigenvalue weighted by Crippen LogP contribution is 2.39. The molecule has 0 spiro atoms. The molecule has 1 aromatic heterocycles. The van der Waals surface area contributed by atoms with Gasteiger partial charge in [0, 0.05) is 17.4 Å². The predicted molar refractivity (Wildman–Crippen MR) is 76.8 cm³/mol. The lowest BCUT2D eigenvalue weighted by Gasteiger charge is -2.47. The van der Waals surface area contributed by atoms with E-state index in [4.69, 9.17) is 11.5 Å². The van der Waals surface area contributed by atoms with Crippen LogP contribution in [0.4, 0.5) is 5.69 Å². The number of nitrogens with zero attached hydrogens (tertiary/aromatic N) is 2. The first-order valence-corrected chi connectivity index (χ1v) is 7.44. The zero-order valence-electron chi connectivity index (χ0n) is 11.1. The van der Waals surface area contributed by atoms with Gasteiger partial charge in [-0.15, -0.1) is 11.8 Å². The number of hydrogen-bond acceptors (Lipinski definition) is 5. The second-order valence-corrected chi connectivity index (χ2v) is 6.11. The number of thioether (sulfide) groups is 1. The van der Waals surface area contributed by atoms with Crippen molar-refractivity contribution in [2.75, 3.05) is 11.5 Å². The van der Waals surface area contributed by atoms with E-state index >= 15 is 0 Å². The Bertz CT molecular complexity index is 661. The lowest BCUT2D eigenvalue weighted by Crippen LogP contribution is -2.68. The molecule has 5 N–H and O–H groups in total. The SMILES string of the molecule is Nc1ccc[n+](CC2=C(C(=O)O)N3C(=O)[C@@H](N)[C@@H]3SC2)c1. The molecular formula is C13H15N4O3S+. The fourth-order valence-electron chi connectivity index (χ4n) is 2.56. The maximum absolute atomic E-state index is 11.8. The minimum atomic E-state index is -1.10. The zero-order chi connectivity index (χ0) is 15.1. The van der Waals surface area contributed by atoms with Crippen LogP contribution in [0.3, 0.4) is 0 Å². The van der Waals surface area contributed by atoms with Crippen molar-refractivity contribution >= 4 is 29.3 Å². The average Bonchev–Trinajstić information content (AvgIpc) is 2.45. The number of carbonyl (C=O) groups excluding carboxylic acids is 1. The van der Waals surface area contributed by atoms with Gasteiger partial charge in [0.05, 0.1) is 5.69 Å². The Morgan fingerprint density at radius 3 is 3.00 bits per heavy atom. The topological polar surface area (TPSA) is 114 Å². The number of pyridine rings is 1. The Labute approximate surface area is 125 Å². The Hall–Kier alpha value is -2.06. The predicted octanol–water partition coefficient (Wildman–Crippen LogP) is -0.863. The third-order valence-corrected chi connectivity index (χ3v) is 4.91. The Kier molecular flexibility index (Phi) is 3.34. The molecule has 1 fully saturated rings. The maximum Gasteiger partial charge on any atom is 0.352 e. The van der Waals surface area contributed by atoms with Crippen LogP contribution >= 0.6 is 11.8 Å². The van der Waals surface area contributed by atoms with E-state index in [0.717, 1.165) is 0 Å². The van der Waals surface area contributed by atoms with Crippen molar-refractivity contribution in [1.29, 1.82) is 0 Å². The molecule has 21 heavy (non-hydrogen) atoms. The first-order chi connectivity index (χ1) is 9.99. The minimum Gasteiger partial charge on any atom is -0.477 e. The number of carboxylic acids is 1. The number of aliphatic carboxylic acids is 1. The van der Waals surface area contributed by atoms with E-state index in [1.165, 1.54) is 16.7 Å². The summed E-state index contributed by atoms with van der Waals surface area (Å²) in [6.07, 6.45) is 3.54. The number of aromatic nitrogens is 1. The highest BCUT2D eigenvalue weighted by Gasteiger charge is 2.52. The number of nitrogen functional groups attached to an aromatic ring is 1. The molecule has 0 radical (unpaired) electrons. The Morgan fingerprint density at radius 1 is 1.57 bits per heavy atom. The molecule has 1 aromatic rings. The Morgan fingerprint density at radius 2 is 2.33 bits per heavy atom. The molecule has 2 aliphatic heterocycles. The van der Waals surface area contributed by atoms with Gasteiger partial charge in [-0.25, -0.2) is 4.79 Å². The van der Waals surface area contributed by atoms with Crippen LogP contribution in [0.15, 0.2) is 35.8 Å². The highest BCUT2D eigenvalue weighted by molar-refractivity contribution is 8.00. The lowest BCUT2D eigenvalue weighted by molar-refractivity contribution is -0.688. The number of anilines is 1. The van der Waals surface area contributed by atoms with E-state index in [0.29, 0.717) is 23.6 Å². The summed E-state index contributed by atoms with van der Waals surface area (Å²) in [5.41, 5.74) is 12.8. The summed E-state index contributed by atoms with van der Waals surface area (Å²) in [7, 11) is 0. The van der Waals surface area contributed by atoms with Crippen molar-refractivity contribution in [2.24, 2.45) is 5.73 Å². The third-order valence-electron chi connectivity index (χ3n) is 3.55. The largest absolute Gasteiger partial charge is 0.477 e. The molecule has 2 aliphatic rings. The van der Waals surface area contributed by atoms with Gasteiger partial charge in [-0.05, 0) is 6.07 Å². The smallest absolute Gasteiger partial charge is 0.352 e. The van der Waals surface area contributed by atoms with Gasteiger partial charge in [0.15, 0.2) is 18.9 Å². The van der Waals surface area contributed by atoms with Crippen molar-refractivity contribution in [3.05, 3.63) is 35.8 Å². The number of amides is 1. The zero-order valence-corrected chi connectivity index (χ0v) is 11.9. The molecule has 2 atom stereocenters. The third kappa shape index (κ3) is 2.26. The molecule has 1 amide bonds. The molecule has 3 heterocycles. The van der Waals surface area contributed by atoms with Gasteiger partial charge in [-0.3, -0.25) is 9.69 Å². The number of fused-ring (bicyclic) bond motifs is 1. The van der Waals surface area contributed by atoms with Crippen molar-refractivity contribution in [1.82, 2.24) is 4.90 Å². The van der Waals surface area contributed by atoms with Gasteiger partial charge in [-0.1, -0.05) is 0 Å². The maximum atomic E-state index is 11.8. The molecule has 0 saturated carbocycles. The number of β-lactam (4-membered cyclic amide) rings is 1. The standard InChI is InChI=1S/C13H14N4O3S/c14-8-2-1-3-16(5-8)4-7-6-21-12-9(15)11(18)17(12)10(7)13(19)20/h1-3,5,9,12H,4,6,14-15H2/p+1/t9-,12+/m1/s1. The van der Waals surface area contributed by atoms with Crippen LogP contribution in [0, 0.1) is 0 Å². The number of hydrogen-bond donors (Lipinski definition) is 3. The second-order valence-electron chi connectivity index (χ2n) is 5.00. The van der Waals surface area contributed by atoms with Gasteiger partial charge in [-0.2, -0.15) is 4.57 Å². The van der Waals surface area contributed by atoms with E-state index in [-0.39, 0.29) is 17.0 Å². The van der Waals surface area contributed by atoms with Crippen LogP contribution in [-0.2, 0) is 16.1 Å². The molecule has 0 unspecified atom stereocenters. The summed E-state index contributed by atoms with van der Waals surface area (Å²) in [5.74, 6) is -0.897. The van der Waals surface area contributed by atoms with E-state index < -0.39 is 12.0 Å². The van der Waals surface area contributed by atoms with Crippen LogP contribution < -0.4 is 16.0 Å².